The lowest BCUT2D eigenvalue weighted by atomic mass is 10.1. The lowest BCUT2D eigenvalue weighted by Gasteiger charge is -2.08. The van der Waals surface area contributed by atoms with E-state index in [1.807, 2.05) is 5.32 Å². The van der Waals surface area contributed by atoms with Gasteiger partial charge in [-0.05, 0) is 12.1 Å². The smallest absolute Gasteiger partial charge is 0.411 e. The Kier molecular flexibility index (Phi) is 3.79. The minimum absolute atomic E-state index is 0.129. The first-order valence-corrected chi connectivity index (χ1v) is 5.75. The molecule has 0 saturated carbocycles. The molecule has 0 fully saturated rings. The number of carbonyl (C=O) groups is 1. The highest BCUT2D eigenvalue weighted by Gasteiger charge is 2.24. The monoisotopic (exact) mass is 295 g/mol. The van der Waals surface area contributed by atoms with Gasteiger partial charge in [0, 0.05) is 6.07 Å². The van der Waals surface area contributed by atoms with Gasteiger partial charge in [0.2, 0.25) is 17.4 Å². The molecule has 0 aliphatic rings. The number of ether oxygens (including phenoxy) is 2. The van der Waals surface area contributed by atoms with Gasteiger partial charge in [0.25, 0.3) is 0 Å². The van der Waals surface area contributed by atoms with E-state index in [1.54, 1.807) is 18.2 Å². The fraction of sp³-hybridized carbons (Fsp3) is 0.154. The summed E-state index contributed by atoms with van der Waals surface area (Å²) < 4.78 is 15.4. The van der Waals surface area contributed by atoms with Crippen molar-refractivity contribution in [2.24, 2.45) is 0 Å². The van der Waals surface area contributed by atoms with Gasteiger partial charge in [0.05, 0.1) is 19.8 Å². The maximum Gasteiger partial charge on any atom is 0.411 e. The molecule has 112 valence electrons. The van der Waals surface area contributed by atoms with Crippen molar-refractivity contribution in [1.82, 2.24) is 0 Å². The fourth-order valence-corrected chi connectivity index (χ4v) is 1.76. The van der Waals surface area contributed by atoms with Gasteiger partial charge in [0.1, 0.15) is 11.5 Å². The number of benzene rings is 1. The first-order chi connectivity index (χ1) is 9.97. The summed E-state index contributed by atoms with van der Waals surface area (Å²) in [5.74, 6) is -1.06. The maximum absolute atomic E-state index is 10.6. The number of rotatable bonds is 4. The number of carboxylic acid groups (broad SMARTS) is 1. The predicted octanol–water partition coefficient (Wildman–Crippen LogP) is 2.46. The zero-order chi connectivity index (χ0) is 15.6. The van der Waals surface area contributed by atoms with Crippen LogP contribution in [0.4, 0.5) is 10.7 Å². The summed E-state index contributed by atoms with van der Waals surface area (Å²) in [4.78, 5) is 10.6. The minimum atomic E-state index is -1.44. The van der Waals surface area contributed by atoms with Crippen LogP contribution in [0, 0.1) is 0 Å². The van der Waals surface area contributed by atoms with Crippen molar-refractivity contribution in [3.05, 3.63) is 18.2 Å². The summed E-state index contributed by atoms with van der Waals surface area (Å²) in [6.45, 7) is 0. The minimum Gasteiger partial charge on any atom is -0.502 e. The summed E-state index contributed by atoms with van der Waals surface area (Å²) in [7, 11) is 2.90. The lowest BCUT2D eigenvalue weighted by molar-refractivity contribution is 0.209. The molecule has 2 rings (SSSR count). The fourth-order valence-electron chi connectivity index (χ4n) is 1.76. The van der Waals surface area contributed by atoms with Gasteiger partial charge in [-0.3, -0.25) is 5.32 Å². The van der Waals surface area contributed by atoms with E-state index in [0.29, 0.717) is 17.1 Å². The van der Waals surface area contributed by atoms with Crippen LogP contribution in [0.5, 0.6) is 23.0 Å². The van der Waals surface area contributed by atoms with Crippen LogP contribution >= 0.6 is 0 Å². The molecule has 0 unspecified atom stereocenters. The number of furan rings is 1. The van der Waals surface area contributed by atoms with E-state index in [4.69, 9.17) is 19.0 Å². The summed E-state index contributed by atoms with van der Waals surface area (Å²) >= 11 is 0. The standard InChI is InChI=1S/C13H13NO7/c1-19-6-3-4-7(8(5-6)20-2)11-9(15)10(16)12(21-11)14-13(17)18/h3-5,14-16H,1-2H3,(H,17,18). The molecular weight excluding hydrogens is 282 g/mol. The maximum atomic E-state index is 10.6. The Morgan fingerprint density at radius 3 is 2.48 bits per heavy atom. The Hall–Kier alpha value is -3.03. The van der Waals surface area contributed by atoms with E-state index in [0.717, 1.165) is 0 Å². The van der Waals surface area contributed by atoms with Crippen LogP contribution in [0.1, 0.15) is 0 Å². The molecule has 8 nitrogen and oxygen atoms in total. The molecule has 0 radical (unpaired) electrons. The Morgan fingerprint density at radius 2 is 1.90 bits per heavy atom. The van der Waals surface area contributed by atoms with Gasteiger partial charge in [-0.1, -0.05) is 0 Å². The highest BCUT2D eigenvalue weighted by Crippen LogP contribution is 2.48. The molecule has 21 heavy (non-hydrogen) atoms. The molecule has 0 bridgehead atoms. The zero-order valence-corrected chi connectivity index (χ0v) is 11.2. The highest BCUT2D eigenvalue weighted by atomic mass is 16.5. The molecule has 1 aromatic carbocycles. The molecule has 4 N–H and O–H groups in total. The van der Waals surface area contributed by atoms with Crippen LogP contribution in [0.2, 0.25) is 0 Å². The summed E-state index contributed by atoms with van der Waals surface area (Å²) in [6, 6.07) is 4.69. The van der Waals surface area contributed by atoms with Crippen LogP contribution in [0.25, 0.3) is 11.3 Å². The Labute approximate surface area is 119 Å². The Balaban J connectivity index is 2.54. The topological polar surface area (TPSA) is 121 Å². The van der Waals surface area contributed by atoms with E-state index in [9.17, 15) is 15.0 Å². The van der Waals surface area contributed by atoms with Crippen molar-refractivity contribution in [2.75, 3.05) is 19.5 Å². The average Bonchev–Trinajstić information content (AvgIpc) is 2.74. The molecule has 1 aromatic heterocycles. The third kappa shape index (κ3) is 2.64. The molecule has 0 spiro atoms. The van der Waals surface area contributed by atoms with E-state index in [-0.39, 0.29) is 5.76 Å². The molecule has 1 heterocycles. The molecule has 2 aromatic rings. The number of amides is 1. The quantitative estimate of drug-likeness (QED) is 0.683. The van der Waals surface area contributed by atoms with Crippen LogP contribution < -0.4 is 14.8 Å². The largest absolute Gasteiger partial charge is 0.502 e. The number of methoxy groups -OCH3 is 2. The van der Waals surface area contributed by atoms with E-state index in [1.165, 1.54) is 14.2 Å². The van der Waals surface area contributed by atoms with Crippen molar-refractivity contribution in [3.63, 3.8) is 0 Å². The van der Waals surface area contributed by atoms with Gasteiger partial charge in [-0.15, -0.1) is 0 Å². The third-order valence-electron chi connectivity index (χ3n) is 2.73. The molecule has 0 aliphatic carbocycles. The van der Waals surface area contributed by atoms with Gasteiger partial charge in [-0.2, -0.15) is 0 Å². The highest BCUT2D eigenvalue weighted by molar-refractivity contribution is 5.86. The van der Waals surface area contributed by atoms with E-state index < -0.39 is 23.5 Å². The van der Waals surface area contributed by atoms with Crippen molar-refractivity contribution in [3.8, 4) is 34.3 Å². The molecule has 0 aliphatic heterocycles. The predicted molar refractivity (Wildman–Crippen MR) is 72.2 cm³/mol. The first kappa shape index (κ1) is 14.4. The Bertz CT molecular complexity index is 677. The van der Waals surface area contributed by atoms with Gasteiger partial charge >= 0.3 is 6.09 Å². The molecule has 0 saturated heterocycles. The SMILES string of the molecule is COc1ccc(-c2oc(NC(=O)O)c(O)c2O)c(OC)c1. The first-order valence-electron chi connectivity index (χ1n) is 5.75. The van der Waals surface area contributed by atoms with Crippen LogP contribution in [-0.4, -0.2) is 35.6 Å². The molecule has 0 atom stereocenters. The van der Waals surface area contributed by atoms with E-state index in [2.05, 4.69) is 0 Å². The molecular formula is C13H13NO7. The average molecular weight is 295 g/mol. The van der Waals surface area contributed by atoms with Crippen molar-refractivity contribution < 1.29 is 34.0 Å². The van der Waals surface area contributed by atoms with E-state index >= 15 is 0 Å². The summed E-state index contributed by atoms with van der Waals surface area (Å²) in [5.41, 5.74) is 0.324. The number of aromatic hydroxyl groups is 2. The summed E-state index contributed by atoms with van der Waals surface area (Å²) in [5, 5.41) is 30.0. The zero-order valence-electron chi connectivity index (χ0n) is 11.2. The van der Waals surface area contributed by atoms with Crippen molar-refractivity contribution in [2.45, 2.75) is 0 Å². The normalized spacial score (nSPS) is 10.2. The van der Waals surface area contributed by atoms with Crippen LogP contribution in [-0.2, 0) is 0 Å². The summed E-state index contributed by atoms with van der Waals surface area (Å²) in [6.07, 6.45) is -1.44. The second-order valence-corrected chi connectivity index (χ2v) is 3.95. The lowest BCUT2D eigenvalue weighted by Crippen LogP contribution is -2.06. The van der Waals surface area contributed by atoms with Gasteiger partial charge in [0.15, 0.2) is 5.76 Å². The second kappa shape index (κ2) is 5.53. The van der Waals surface area contributed by atoms with Gasteiger partial charge in [-0.25, -0.2) is 4.79 Å². The van der Waals surface area contributed by atoms with Crippen molar-refractivity contribution >= 4 is 12.0 Å². The van der Waals surface area contributed by atoms with Crippen LogP contribution in [0.3, 0.4) is 0 Å². The third-order valence-corrected chi connectivity index (χ3v) is 2.73. The van der Waals surface area contributed by atoms with Crippen molar-refractivity contribution in [1.29, 1.82) is 0 Å². The number of anilines is 1. The van der Waals surface area contributed by atoms with Gasteiger partial charge < -0.3 is 29.2 Å². The molecule has 8 heteroatoms. The molecule has 1 amide bonds. The number of hydrogen-bond donors (Lipinski definition) is 4. The Morgan fingerprint density at radius 1 is 1.19 bits per heavy atom. The second-order valence-electron chi connectivity index (χ2n) is 3.95. The van der Waals surface area contributed by atoms with Crippen LogP contribution in [0.15, 0.2) is 22.6 Å². The number of nitrogens with one attached hydrogen (secondary N) is 1. The number of hydrogen-bond acceptors (Lipinski definition) is 6.